The molecule has 6 heteroatoms. The Morgan fingerprint density at radius 2 is 1.85 bits per heavy atom. The van der Waals surface area contributed by atoms with Gasteiger partial charge in [0.05, 0.1) is 6.54 Å². The van der Waals surface area contributed by atoms with Crippen molar-refractivity contribution in [1.29, 1.82) is 0 Å². The number of hydrogen-bond acceptors (Lipinski definition) is 3. The van der Waals surface area contributed by atoms with Crippen molar-refractivity contribution in [2.24, 2.45) is 4.99 Å². The van der Waals surface area contributed by atoms with Crippen LogP contribution in [0.4, 0.5) is 5.69 Å². The summed E-state index contributed by atoms with van der Waals surface area (Å²) in [6.07, 6.45) is 0. The number of carbonyl (C=O) groups excluding carboxylic acids is 1. The summed E-state index contributed by atoms with van der Waals surface area (Å²) in [4.78, 5) is 18.3. The van der Waals surface area contributed by atoms with Crippen LogP contribution in [0.1, 0.15) is 47.1 Å². The third-order valence-corrected chi connectivity index (χ3v) is 4.00. The lowest BCUT2D eigenvalue weighted by atomic mass is 10.2. The first-order valence-corrected chi connectivity index (χ1v) is 9.48. The molecule has 0 aromatic heterocycles. The summed E-state index contributed by atoms with van der Waals surface area (Å²) >= 11 is 0. The Balaban J connectivity index is 2.64. The van der Waals surface area contributed by atoms with E-state index in [2.05, 4.69) is 60.5 Å². The maximum Gasteiger partial charge on any atom is 0.221 e. The van der Waals surface area contributed by atoms with E-state index in [0.29, 0.717) is 18.6 Å². The summed E-state index contributed by atoms with van der Waals surface area (Å²) in [6, 6.07) is 8.82. The Labute approximate surface area is 158 Å². The van der Waals surface area contributed by atoms with Crippen LogP contribution in [0.5, 0.6) is 0 Å². The average Bonchev–Trinajstić information content (AvgIpc) is 2.55. The van der Waals surface area contributed by atoms with Crippen LogP contribution in [0, 0.1) is 0 Å². The van der Waals surface area contributed by atoms with Crippen molar-refractivity contribution in [3.05, 3.63) is 29.8 Å². The monoisotopic (exact) mass is 361 g/mol. The van der Waals surface area contributed by atoms with Gasteiger partial charge in [-0.05, 0) is 52.3 Å². The smallest absolute Gasteiger partial charge is 0.221 e. The predicted octanol–water partition coefficient (Wildman–Crippen LogP) is 2.82. The van der Waals surface area contributed by atoms with Gasteiger partial charge >= 0.3 is 0 Å². The molecule has 3 N–H and O–H groups in total. The van der Waals surface area contributed by atoms with E-state index < -0.39 is 0 Å². The van der Waals surface area contributed by atoms with E-state index in [1.165, 1.54) is 6.92 Å². The molecule has 146 valence electrons. The highest BCUT2D eigenvalue weighted by Crippen LogP contribution is 2.11. The van der Waals surface area contributed by atoms with Gasteiger partial charge in [-0.1, -0.05) is 12.1 Å². The van der Waals surface area contributed by atoms with Crippen LogP contribution in [-0.2, 0) is 11.3 Å². The summed E-state index contributed by atoms with van der Waals surface area (Å²) in [7, 11) is 0. The zero-order valence-electron chi connectivity index (χ0n) is 17.1. The van der Waals surface area contributed by atoms with Crippen LogP contribution < -0.4 is 16.0 Å². The van der Waals surface area contributed by atoms with Crippen LogP contribution in [0.2, 0.25) is 0 Å². The minimum Gasteiger partial charge on any atom is -0.357 e. The Kier molecular flexibility index (Phi) is 9.73. The molecule has 0 saturated carbocycles. The zero-order chi connectivity index (χ0) is 19.5. The SMILES string of the molecule is CCNC(=NCc1cccc(NC(C)=O)c1)NCCN(C(C)C)C(C)C. The molecule has 0 unspecified atom stereocenters. The molecule has 0 radical (unpaired) electrons. The predicted molar refractivity (Wildman–Crippen MR) is 111 cm³/mol. The molecule has 0 bridgehead atoms. The van der Waals surface area contributed by atoms with E-state index in [1.54, 1.807) is 0 Å². The van der Waals surface area contributed by atoms with Crippen molar-refractivity contribution in [1.82, 2.24) is 15.5 Å². The van der Waals surface area contributed by atoms with E-state index >= 15 is 0 Å². The van der Waals surface area contributed by atoms with Gasteiger partial charge < -0.3 is 16.0 Å². The van der Waals surface area contributed by atoms with Gasteiger partial charge in [0.25, 0.3) is 0 Å². The summed E-state index contributed by atoms with van der Waals surface area (Å²) < 4.78 is 0. The fourth-order valence-electron chi connectivity index (χ4n) is 2.88. The second kappa shape index (κ2) is 11.5. The highest BCUT2D eigenvalue weighted by Gasteiger charge is 2.12. The number of guanidine groups is 1. The lowest BCUT2D eigenvalue weighted by Crippen LogP contribution is -2.45. The number of carbonyl (C=O) groups is 1. The molecule has 26 heavy (non-hydrogen) atoms. The van der Waals surface area contributed by atoms with Gasteiger partial charge in [-0.3, -0.25) is 9.69 Å². The van der Waals surface area contributed by atoms with Gasteiger partial charge in [0.1, 0.15) is 0 Å². The van der Waals surface area contributed by atoms with Crippen molar-refractivity contribution in [2.45, 2.75) is 60.2 Å². The molecule has 0 atom stereocenters. The largest absolute Gasteiger partial charge is 0.357 e. The Morgan fingerprint density at radius 1 is 1.15 bits per heavy atom. The van der Waals surface area contributed by atoms with Crippen molar-refractivity contribution in [2.75, 3.05) is 25.0 Å². The summed E-state index contributed by atoms with van der Waals surface area (Å²) in [6.45, 7) is 15.6. The zero-order valence-corrected chi connectivity index (χ0v) is 17.1. The van der Waals surface area contributed by atoms with E-state index in [-0.39, 0.29) is 5.91 Å². The van der Waals surface area contributed by atoms with Crippen molar-refractivity contribution in [3.8, 4) is 0 Å². The fraction of sp³-hybridized carbons (Fsp3) is 0.600. The third-order valence-electron chi connectivity index (χ3n) is 4.00. The molecule has 0 saturated heterocycles. The first kappa shape index (κ1) is 22.0. The third kappa shape index (κ3) is 8.34. The van der Waals surface area contributed by atoms with E-state index in [0.717, 1.165) is 36.8 Å². The highest BCUT2D eigenvalue weighted by molar-refractivity contribution is 5.88. The Morgan fingerprint density at radius 3 is 2.42 bits per heavy atom. The number of benzene rings is 1. The fourth-order valence-corrected chi connectivity index (χ4v) is 2.88. The molecular weight excluding hydrogens is 326 g/mol. The first-order valence-electron chi connectivity index (χ1n) is 9.48. The topological polar surface area (TPSA) is 68.8 Å². The lowest BCUT2D eigenvalue weighted by molar-refractivity contribution is -0.114. The van der Waals surface area contributed by atoms with Crippen LogP contribution in [0.15, 0.2) is 29.3 Å². The summed E-state index contributed by atoms with van der Waals surface area (Å²) in [5, 5.41) is 9.49. The van der Waals surface area contributed by atoms with E-state index in [1.807, 2.05) is 24.3 Å². The van der Waals surface area contributed by atoms with Crippen LogP contribution in [-0.4, -0.2) is 48.5 Å². The van der Waals surface area contributed by atoms with Gasteiger partial charge in [0, 0.05) is 44.3 Å². The number of rotatable bonds is 9. The highest BCUT2D eigenvalue weighted by atomic mass is 16.1. The van der Waals surface area contributed by atoms with Crippen molar-refractivity contribution >= 4 is 17.6 Å². The molecule has 0 heterocycles. The number of nitrogens with one attached hydrogen (secondary N) is 3. The van der Waals surface area contributed by atoms with Gasteiger partial charge in [-0.2, -0.15) is 0 Å². The molecule has 0 fully saturated rings. The van der Waals surface area contributed by atoms with Crippen molar-refractivity contribution in [3.63, 3.8) is 0 Å². The standard InChI is InChI=1S/C20H35N5O/c1-7-21-20(22-11-12-25(15(2)3)16(4)5)23-14-18-9-8-10-19(13-18)24-17(6)26/h8-10,13,15-16H,7,11-12,14H2,1-6H3,(H,24,26)(H2,21,22,23). The molecule has 6 nitrogen and oxygen atoms in total. The molecule has 1 rings (SSSR count). The van der Waals surface area contributed by atoms with Crippen LogP contribution in [0.25, 0.3) is 0 Å². The first-order chi connectivity index (χ1) is 12.3. The minimum atomic E-state index is -0.0690. The van der Waals surface area contributed by atoms with Crippen molar-refractivity contribution < 1.29 is 4.79 Å². The second-order valence-corrected chi connectivity index (χ2v) is 6.93. The van der Waals surface area contributed by atoms with Gasteiger partial charge in [0.15, 0.2) is 5.96 Å². The number of aliphatic imine (C=N–C) groups is 1. The molecule has 0 spiro atoms. The average molecular weight is 362 g/mol. The minimum absolute atomic E-state index is 0.0690. The second-order valence-electron chi connectivity index (χ2n) is 6.93. The van der Waals surface area contributed by atoms with E-state index in [4.69, 9.17) is 0 Å². The number of anilines is 1. The summed E-state index contributed by atoms with van der Waals surface area (Å²) in [5.74, 6) is 0.741. The Bertz CT molecular complexity index is 575. The molecule has 1 amide bonds. The van der Waals surface area contributed by atoms with E-state index in [9.17, 15) is 4.79 Å². The molecule has 1 aromatic rings. The van der Waals surface area contributed by atoms with Crippen LogP contribution >= 0.6 is 0 Å². The van der Waals surface area contributed by atoms with Gasteiger partial charge in [-0.15, -0.1) is 0 Å². The molecule has 0 aliphatic rings. The number of amides is 1. The lowest BCUT2D eigenvalue weighted by Gasteiger charge is -2.30. The van der Waals surface area contributed by atoms with Gasteiger partial charge in [0.2, 0.25) is 5.91 Å². The quantitative estimate of drug-likeness (QED) is 0.467. The molecular formula is C20H35N5O. The van der Waals surface area contributed by atoms with Crippen LogP contribution in [0.3, 0.4) is 0 Å². The molecule has 0 aliphatic heterocycles. The normalized spacial score (nSPS) is 12.0. The Hall–Kier alpha value is -2.08. The molecule has 0 aliphatic carbocycles. The van der Waals surface area contributed by atoms with Gasteiger partial charge in [-0.25, -0.2) is 4.99 Å². The number of hydrogen-bond donors (Lipinski definition) is 3. The maximum absolute atomic E-state index is 11.2. The number of nitrogens with zero attached hydrogens (tertiary/aromatic N) is 2. The molecule has 1 aromatic carbocycles. The summed E-state index contributed by atoms with van der Waals surface area (Å²) in [5.41, 5.74) is 1.85. The maximum atomic E-state index is 11.2.